The third-order valence-corrected chi connectivity index (χ3v) is 7.78. The number of aliphatic carboxylic acids is 1. The molecule has 4 atom stereocenters. The molecule has 1 amide bonds. The number of hydrogen-bond acceptors (Lipinski definition) is 4. The summed E-state index contributed by atoms with van der Waals surface area (Å²) in [7, 11) is 0. The van der Waals surface area contributed by atoms with Crippen LogP contribution in [0.3, 0.4) is 0 Å². The smallest absolute Gasteiger partial charge is 0.329 e. The van der Waals surface area contributed by atoms with Crippen molar-refractivity contribution in [2.75, 3.05) is 0 Å². The molecule has 10 heteroatoms. The van der Waals surface area contributed by atoms with E-state index in [0.29, 0.717) is 6.42 Å². The lowest BCUT2D eigenvalue weighted by atomic mass is 9.62. The van der Waals surface area contributed by atoms with Crippen LogP contribution < -0.4 is 10.6 Å². The molecular formula is C27H27Cl2F2N3O3. The number of amides is 1. The van der Waals surface area contributed by atoms with E-state index >= 15 is 8.78 Å². The minimum Gasteiger partial charge on any atom is -0.480 e. The van der Waals surface area contributed by atoms with E-state index in [1.54, 1.807) is 0 Å². The summed E-state index contributed by atoms with van der Waals surface area (Å²) in [6.45, 7) is 5.79. The Labute approximate surface area is 223 Å². The van der Waals surface area contributed by atoms with Gasteiger partial charge >= 0.3 is 5.97 Å². The van der Waals surface area contributed by atoms with Crippen LogP contribution in [0.4, 0.5) is 8.78 Å². The maximum Gasteiger partial charge on any atom is 0.329 e. The monoisotopic (exact) mass is 549 g/mol. The van der Waals surface area contributed by atoms with E-state index in [9.17, 15) is 20.0 Å². The van der Waals surface area contributed by atoms with Crippen LogP contribution in [0, 0.1) is 28.4 Å². The Morgan fingerprint density at radius 3 is 2.43 bits per heavy atom. The second kappa shape index (κ2) is 9.54. The molecule has 2 fully saturated rings. The van der Waals surface area contributed by atoms with Crippen LogP contribution in [-0.4, -0.2) is 34.6 Å². The average molecular weight is 550 g/mol. The van der Waals surface area contributed by atoms with Crippen molar-refractivity contribution in [2.24, 2.45) is 5.41 Å². The van der Waals surface area contributed by atoms with Gasteiger partial charge in [0.2, 0.25) is 5.91 Å². The summed E-state index contributed by atoms with van der Waals surface area (Å²) in [6, 6.07) is 8.33. The van der Waals surface area contributed by atoms with Gasteiger partial charge in [-0.05, 0) is 48.4 Å². The average Bonchev–Trinajstić information content (AvgIpc) is 3.52. The van der Waals surface area contributed by atoms with Gasteiger partial charge in [-0.1, -0.05) is 62.2 Å². The van der Waals surface area contributed by atoms with E-state index in [0.717, 1.165) is 6.07 Å². The first-order valence-corrected chi connectivity index (χ1v) is 12.6. The number of nitriles is 1. The maximum atomic E-state index is 15.6. The first-order chi connectivity index (χ1) is 17.3. The molecular weight excluding hydrogens is 523 g/mol. The summed E-state index contributed by atoms with van der Waals surface area (Å²) in [5.41, 5.74) is -3.66. The number of nitrogens with one attached hydrogen (secondary N) is 2. The van der Waals surface area contributed by atoms with Crippen LogP contribution in [0.25, 0.3) is 0 Å². The molecule has 2 aromatic rings. The van der Waals surface area contributed by atoms with Gasteiger partial charge in [0, 0.05) is 22.5 Å². The molecule has 0 bridgehead atoms. The quantitative estimate of drug-likeness (QED) is 0.452. The Hall–Kier alpha value is -2.73. The minimum atomic E-state index is -1.77. The first-order valence-electron chi connectivity index (χ1n) is 11.9. The lowest BCUT2D eigenvalue weighted by Crippen LogP contribution is -2.52. The summed E-state index contributed by atoms with van der Waals surface area (Å²) in [5, 5.41) is 26.1. The predicted molar refractivity (Wildman–Crippen MR) is 135 cm³/mol. The topological polar surface area (TPSA) is 102 Å². The Morgan fingerprint density at radius 2 is 1.89 bits per heavy atom. The molecule has 4 rings (SSSR count). The molecule has 37 heavy (non-hydrogen) atoms. The molecule has 1 aliphatic carbocycles. The number of carbonyl (C=O) groups is 2. The van der Waals surface area contributed by atoms with Gasteiger partial charge in [-0.2, -0.15) is 5.26 Å². The standard InChI is InChI=1S/C27H27Cl2F2N3O3/c1-25(2,3)12-19-27(13-32,16-8-7-14(28)11-18(16)30)20(15-5-4-6-17(29)21(15)31)22(33-19)23(35)34-26(9-10-26)24(36)37/h4-8,11,19-20,22,33H,9-10,12H2,1-3H3,(H,34,35)(H,36,37)/t19?,20-,22+,27-/m0/s1. The number of nitrogens with zero attached hydrogens (tertiary/aromatic N) is 1. The molecule has 1 aliphatic heterocycles. The Bertz CT molecular complexity index is 1300. The molecule has 1 saturated carbocycles. The molecule has 6 nitrogen and oxygen atoms in total. The third-order valence-electron chi connectivity index (χ3n) is 7.25. The van der Waals surface area contributed by atoms with Gasteiger partial charge in [0.05, 0.1) is 17.1 Å². The van der Waals surface area contributed by atoms with Gasteiger partial charge < -0.3 is 15.7 Å². The highest BCUT2D eigenvalue weighted by Crippen LogP contribution is 2.53. The molecule has 1 saturated heterocycles. The fraction of sp³-hybridized carbons (Fsp3) is 0.444. The Morgan fingerprint density at radius 1 is 1.22 bits per heavy atom. The van der Waals surface area contributed by atoms with Crippen molar-refractivity contribution in [3.05, 3.63) is 69.2 Å². The zero-order chi connectivity index (χ0) is 27.3. The molecule has 1 heterocycles. The van der Waals surface area contributed by atoms with Crippen LogP contribution in [0.1, 0.15) is 57.1 Å². The van der Waals surface area contributed by atoms with Crippen molar-refractivity contribution in [3.63, 3.8) is 0 Å². The van der Waals surface area contributed by atoms with Crippen LogP contribution in [0.2, 0.25) is 10.0 Å². The second-order valence-electron chi connectivity index (χ2n) is 11.1. The van der Waals surface area contributed by atoms with Crippen LogP contribution >= 0.6 is 23.2 Å². The molecule has 0 spiro atoms. The van der Waals surface area contributed by atoms with Crippen molar-refractivity contribution in [3.8, 4) is 6.07 Å². The number of carboxylic acid groups (broad SMARTS) is 1. The molecule has 0 radical (unpaired) electrons. The number of benzene rings is 2. The van der Waals surface area contributed by atoms with E-state index in [-0.39, 0.29) is 39.4 Å². The fourth-order valence-corrected chi connectivity index (χ4v) is 5.73. The lowest BCUT2D eigenvalue weighted by molar-refractivity contribution is -0.143. The molecule has 196 valence electrons. The predicted octanol–water partition coefficient (Wildman–Crippen LogP) is 5.33. The largest absolute Gasteiger partial charge is 0.480 e. The number of halogens is 4. The van der Waals surface area contributed by atoms with E-state index in [4.69, 9.17) is 23.2 Å². The van der Waals surface area contributed by atoms with Crippen molar-refractivity contribution in [2.45, 2.75) is 69.0 Å². The van der Waals surface area contributed by atoms with Crippen LogP contribution in [0.15, 0.2) is 36.4 Å². The molecule has 2 aromatic carbocycles. The number of carboxylic acids is 1. The summed E-state index contributed by atoms with van der Waals surface area (Å²) >= 11 is 12.1. The Kier molecular flexibility index (Phi) is 7.04. The Balaban J connectivity index is 1.97. The van der Waals surface area contributed by atoms with Gasteiger partial charge in [-0.3, -0.25) is 4.79 Å². The number of carbonyl (C=O) groups excluding carboxylic acids is 1. The van der Waals surface area contributed by atoms with Crippen molar-refractivity contribution in [1.29, 1.82) is 5.26 Å². The second-order valence-corrected chi connectivity index (χ2v) is 11.9. The normalized spacial score (nSPS) is 26.4. The minimum absolute atomic E-state index is 0.0415. The SMILES string of the molecule is CC(C)(C)CC1N[C@@H](C(=O)NC2(C(=O)O)CC2)[C@H](c2cccc(Cl)c2F)[C@@]1(C#N)c1ccc(Cl)cc1F. The van der Waals surface area contributed by atoms with E-state index in [2.05, 4.69) is 16.7 Å². The van der Waals surface area contributed by atoms with Crippen molar-refractivity contribution in [1.82, 2.24) is 10.6 Å². The zero-order valence-electron chi connectivity index (χ0n) is 20.5. The molecule has 0 aromatic heterocycles. The van der Waals surface area contributed by atoms with Crippen LogP contribution in [0.5, 0.6) is 0 Å². The van der Waals surface area contributed by atoms with Crippen molar-refractivity contribution < 1.29 is 23.5 Å². The van der Waals surface area contributed by atoms with E-state index in [1.165, 1.54) is 30.3 Å². The zero-order valence-corrected chi connectivity index (χ0v) is 22.1. The van der Waals surface area contributed by atoms with E-state index in [1.807, 2.05) is 20.8 Å². The fourth-order valence-electron chi connectivity index (χ4n) is 5.39. The highest BCUT2D eigenvalue weighted by atomic mass is 35.5. The van der Waals surface area contributed by atoms with Gasteiger partial charge in [0.15, 0.2) is 0 Å². The van der Waals surface area contributed by atoms with Gasteiger partial charge in [0.1, 0.15) is 22.6 Å². The highest BCUT2D eigenvalue weighted by molar-refractivity contribution is 6.31. The summed E-state index contributed by atoms with van der Waals surface area (Å²) in [6.07, 6.45) is 0.810. The van der Waals surface area contributed by atoms with Gasteiger partial charge in [-0.15, -0.1) is 0 Å². The third kappa shape index (κ3) is 4.81. The molecule has 3 N–H and O–H groups in total. The summed E-state index contributed by atoms with van der Waals surface area (Å²) in [5.74, 6) is -4.74. The molecule has 2 aliphatic rings. The lowest BCUT2D eigenvalue weighted by Gasteiger charge is -2.37. The van der Waals surface area contributed by atoms with Crippen molar-refractivity contribution >= 4 is 35.1 Å². The summed E-state index contributed by atoms with van der Waals surface area (Å²) < 4.78 is 31.1. The van der Waals surface area contributed by atoms with Gasteiger partial charge in [0.25, 0.3) is 0 Å². The highest BCUT2D eigenvalue weighted by Gasteiger charge is 2.62. The molecule has 1 unspecified atom stereocenters. The van der Waals surface area contributed by atoms with Crippen LogP contribution in [-0.2, 0) is 15.0 Å². The number of rotatable bonds is 6. The van der Waals surface area contributed by atoms with Gasteiger partial charge in [-0.25, -0.2) is 13.6 Å². The first kappa shape index (κ1) is 27.3. The van der Waals surface area contributed by atoms with E-state index < -0.39 is 52.5 Å². The number of hydrogen-bond donors (Lipinski definition) is 3. The maximum absolute atomic E-state index is 15.6. The summed E-state index contributed by atoms with van der Waals surface area (Å²) in [4.78, 5) is 25.4.